The maximum Gasteiger partial charge on any atom is 0.154 e. The van der Waals surface area contributed by atoms with Gasteiger partial charge in [0.25, 0.3) is 0 Å². The van der Waals surface area contributed by atoms with Gasteiger partial charge in [0.2, 0.25) is 0 Å². The number of benzene rings is 2. The first kappa shape index (κ1) is 17.6. The molecule has 0 amide bonds. The lowest BCUT2D eigenvalue weighted by molar-refractivity contribution is 0.386. The van der Waals surface area contributed by atoms with Crippen molar-refractivity contribution in [3.8, 4) is 0 Å². The molecule has 0 aliphatic carbocycles. The largest absolute Gasteiger partial charge is 0.320 e. The molecule has 0 spiro atoms. The van der Waals surface area contributed by atoms with Crippen LogP contribution in [0.5, 0.6) is 0 Å². The molecule has 1 saturated heterocycles. The van der Waals surface area contributed by atoms with Gasteiger partial charge in [-0.2, -0.15) is 5.10 Å². The molecular formula is C22H22ClN5. The Morgan fingerprint density at radius 2 is 1.79 bits per heavy atom. The number of aliphatic imine (C=N–C) groups is 1. The molecule has 0 N–H and O–H groups in total. The first-order valence-corrected chi connectivity index (χ1v) is 10.2. The molecule has 2 aromatic rings. The van der Waals surface area contributed by atoms with Gasteiger partial charge in [0.15, 0.2) is 5.84 Å². The molecule has 1 fully saturated rings. The van der Waals surface area contributed by atoms with E-state index in [9.17, 15) is 0 Å². The van der Waals surface area contributed by atoms with Crippen LogP contribution in [-0.2, 0) is 0 Å². The van der Waals surface area contributed by atoms with Gasteiger partial charge < -0.3 is 4.90 Å². The molecule has 3 aliphatic heterocycles. The minimum atomic E-state index is 0.511. The molecule has 3 aliphatic rings. The quantitative estimate of drug-likeness (QED) is 0.797. The Morgan fingerprint density at radius 3 is 2.61 bits per heavy atom. The van der Waals surface area contributed by atoms with Crippen molar-refractivity contribution in [1.82, 2.24) is 4.90 Å². The first-order valence-electron chi connectivity index (χ1n) is 9.80. The zero-order valence-corrected chi connectivity index (χ0v) is 16.4. The van der Waals surface area contributed by atoms with Crippen molar-refractivity contribution in [1.29, 1.82) is 0 Å². The van der Waals surface area contributed by atoms with E-state index >= 15 is 0 Å². The lowest BCUT2D eigenvalue weighted by atomic mass is 10.00. The van der Waals surface area contributed by atoms with Crippen molar-refractivity contribution in [2.45, 2.75) is 12.8 Å². The lowest BCUT2D eigenvalue weighted by Gasteiger charge is -2.29. The molecule has 5 nitrogen and oxygen atoms in total. The summed E-state index contributed by atoms with van der Waals surface area (Å²) in [5, 5.41) is 9.79. The summed E-state index contributed by atoms with van der Waals surface area (Å²) in [6.07, 6.45) is 2.56. The van der Waals surface area contributed by atoms with Crippen LogP contribution in [-0.4, -0.2) is 54.9 Å². The van der Waals surface area contributed by atoms with Gasteiger partial charge in [-0.25, -0.2) is 0 Å². The molecule has 0 atom stereocenters. The Kier molecular flexibility index (Phi) is 4.71. The third kappa shape index (κ3) is 3.36. The molecule has 0 radical (unpaired) electrons. The highest BCUT2D eigenvalue weighted by Crippen LogP contribution is 2.30. The fraction of sp³-hybridized carbons (Fsp3) is 0.318. The van der Waals surface area contributed by atoms with E-state index in [1.54, 1.807) is 0 Å². The fourth-order valence-electron chi connectivity index (χ4n) is 4.12. The Hall–Kier alpha value is -2.50. The Balaban J connectivity index is 1.53. The highest BCUT2D eigenvalue weighted by Gasteiger charge is 2.28. The summed E-state index contributed by atoms with van der Waals surface area (Å²) < 4.78 is 0. The van der Waals surface area contributed by atoms with Gasteiger partial charge in [0.1, 0.15) is 0 Å². The first-order chi connectivity index (χ1) is 13.8. The Morgan fingerprint density at radius 1 is 0.964 bits per heavy atom. The third-order valence-electron chi connectivity index (χ3n) is 5.49. The summed E-state index contributed by atoms with van der Waals surface area (Å²) >= 11 is 6.37. The van der Waals surface area contributed by atoms with Crippen LogP contribution in [0, 0.1) is 0 Å². The van der Waals surface area contributed by atoms with Crippen molar-refractivity contribution in [3.05, 3.63) is 64.7 Å². The van der Waals surface area contributed by atoms with E-state index in [4.69, 9.17) is 16.6 Å². The van der Waals surface area contributed by atoms with Crippen molar-refractivity contribution < 1.29 is 0 Å². The van der Waals surface area contributed by atoms with E-state index < -0.39 is 0 Å². The number of rotatable bonds is 3. The topological polar surface area (TPSA) is 43.6 Å². The molecular weight excluding hydrogens is 370 g/mol. The smallest absolute Gasteiger partial charge is 0.154 e. The van der Waals surface area contributed by atoms with Gasteiger partial charge >= 0.3 is 0 Å². The van der Waals surface area contributed by atoms with Crippen molar-refractivity contribution >= 4 is 34.5 Å². The van der Waals surface area contributed by atoms with E-state index in [-0.39, 0.29) is 0 Å². The van der Waals surface area contributed by atoms with Crippen LogP contribution >= 0.6 is 11.6 Å². The summed E-state index contributed by atoms with van der Waals surface area (Å²) in [5.41, 5.74) is 5.29. The molecule has 28 heavy (non-hydrogen) atoms. The lowest BCUT2D eigenvalue weighted by Crippen LogP contribution is -2.43. The minimum absolute atomic E-state index is 0.511. The summed E-state index contributed by atoms with van der Waals surface area (Å²) in [6, 6.07) is 16.3. The molecule has 0 unspecified atom stereocenters. The molecule has 5 rings (SSSR count). The third-order valence-corrected chi connectivity index (χ3v) is 5.73. The second-order valence-electron chi connectivity index (χ2n) is 7.44. The average molecular weight is 392 g/mol. The molecule has 0 aromatic heterocycles. The van der Waals surface area contributed by atoms with Crippen molar-refractivity contribution in [2.75, 3.05) is 37.6 Å². The number of amidine groups is 1. The van der Waals surface area contributed by atoms with Crippen LogP contribution in [0.2, 0.25) is 5.02 Å². The number of hydrogen-bond acceptors (Lipinski definition) is 5. The van der Waals surface area contributed by atoms with Gasteiger partial charge in [0.05, 0.1) is 30.2 Å². The number of likely N-dealkylation sites (tertiary alicyclic amines) is 1. The van der Waals surface area contributed by atoms with Crippen LogP contribution in [0.25, 0.3) is 0 Å². The van der Waals surface area contributed by atoms with Crippen molar-refractivity contribution in [3.63, 3.8) is 0 Å². The summed E-state index contributed by atoms with van der Waals surface area (Å²) in [4.78, 5) is 9.61. The summed E-state index contributed by atoms with van der Waals surface area (Å²) in [7, 11) is 0. The zero-order chi connectivity index (χ0) is 18.9. The van der Waals surface area contributed by atoms with Crippen LogP contribution in [0.1, 0.15) is 24.0 Å². The standard InChI is InChI=1S/C22H22ClN5/c23-17-8-9-20-19(12-17)22(16-6-2-1-3-7-16)24-13-21-26-25-18(15-28(20)21)14-27-10-4-5-11-27/h1-3,6-9,12H,4-5,10-11,13-15H2. The van der Waals surface area contributed by atoms with E-state index in [2.05, 4.69) is 38.2 Å². The van der Waals surface area contributed by atoms with Crippen LogP contribution in [0.3, 0.4) is 0 Å². The van der Waals surface area contributed by atoms with E-state index in [1.807, 2.05) is 30.3 Å². The maximum atomic E-state index is 6.37. The second kappa shape index (κ2) is 7.49. The second-order valence-corrected chi connectivity index (χ2v) is 7.88. The van der Waals surface area contributed by atoms with Gasteiger partial charge in [0, 0.05) is 22.7 Å². The van der Waals surface area contributed by atoms with Gasteiger partial charge in [-0.1, -0.05) is 41.9 Å². The summed E-state index contributed by atoms with van der Waals surface area (Å²) in [5.74, 6) is 0.889. The van der Waals surface area contributed by atoms with E-state index in [1.165, 1.54) is 12.8 Å². The van der Waals surface area contributed by atoms with Crippen LogP contribution in [0.15, 0.2) is 63.7 Å². The number of hydrogen-bond donors (Lipinski definition) is 0. The minimum Gasteiger partial charge on any atom is -0.320 e. The van der Waals surface area contributed by atoms with Crippen LogP contribution < -0.4 is 4.90 Å². The van der Waals surface area contributed by atoms with Gasteiger partial charge in [-0.05, 0) is 44.1 Å². The Bertz CT molecular complexity index is 974. The predicted octanol–water partition coefficient (Wildman–Crippen LogP) is 3.86. The zero-order valence-electron chi connectivity index (χ0n) is 15.7. The van der Waals surface area contributed by atoms with Gasteiger partial charge in [-0.15, -0.1) is 5.10 Å². The molecule has 142 valence electrons. The molecule has 0 saturated carbocycles. The molecule has 2 aromatic carbocycles. The summed E-state index contributed by atoms with van der Waals surface area (Å²) in [6.45, 7) is 4.47. The van der Waals surface area contributed by atoms with E-state index in [0.29, 0.717) is 11.6 Å². The Labute approximate surface area is 170 Å². The fourth-order valence-corrected chi connectivity index (χ4v) is 4.29. The number of nitrogens with zero attached hydrogens (tertiary/aromatic N) is 5. The van der Waals surface area contributed by atoms with Gasteiger partial charge in [-0.3, -0.25) is 9.89 Å². The van der Waals surface area contributed by atoms with Crippen LogP contribution in [0.4, 0.5) is 5.69 Å². The average Bonchev–Trinajstić information content (AvgIpc) is 3.17. The molecule has 0 bridgehead atoms. The normalized spacial score (nSPS) is 19.3. The number of halogens is 1. The SMILES string of the molecule is Clc1ccc2c(c1)C(c1ccccc1)=NCC1=NN=C(CN3CCCC3)CN12. The highest BCUT2D eigenvalue weighted by atomic mass is 35.5. The monoisotopic (exact) mass is 391 g/mol. The number of fused-ring (bicyclic) bond motifs is 3. The maximum absolute atomic E-state index is 6.37. The predicted molar refractivity (Wildman–Crippen MR) is 116 cm³/mol. The number of anilines is 1. The van der Waals surface area contributed by atoms with Crippen molar-refractivity contribution in [2.24, 2.45) is 15.2 Å². The van der Waals surface area contributed by atoms with E-state index in [0.717, 1.165) is 60.3 Å². The molecule has 3 heterocycles. The highest BCUT2D eigenvalue weighted by molar-refractivity contribution is 6.32. The molecule has 6 heteroatoms.